The maximum atomic E-state index is 6.44. The second-order valence-electron chi connectivity index (χ2n) is 9.51. The molecular formula is C25H28N2O. The fourth-order valence-corrected chi connectivity index (χ4v) is 3.51. The third kappa shape index (κ3) is 3.26. The number of benzene rings is 2. The van der Waals surface area contributed by atoms with E-state index in [1.54, 1.807) is 6.20 Å². The topological polar surface area (TPSA) is 25.4 Å². The molecule has 0 saturated carbocycles. The van der Waals surface area contributed by atoms with Gasteiger partial charge in [-0.1, -0.05) is 53.7 Å². The Morgan fingerprint density at radius 1 is 0.750 bits per heavy atom. The fourth-order valence-electron chi connectivity index (χ4n) is 3.51. The number of aromatic nitrogens is 1. The van der Waals surface area contributed by atoms with Gasteiger partial charge in [-0.3, -0.25) is 4.98 Å². The van der Waals surface area contributed by atoms with E-state index >= 15 is 0 Å². The highest BCUT2D eigenvalue weighted by atomic mass is 16.5. The Balaban J connectivity index is 1.92. The molecule has 0 saturated heterocycles. The van der Waals surface area contributed by atoms with E-state index in [2.05, 4.69) is 93.9 Å². The predicted molar refractivity (Wildman–Crippen MR) is 116 cm³/mol. The van der Waals surface area contributed by atoms with Gasteiger partial charge in [0.25, 0.3) is 0 Å². The molecule has 1 aromatic heterocycles. The second-order valence-corrected chi connectivity index (χ2v) is 9.51. The third-order valence-electron chi connectivity index (χ3n) is 5.26. The quantitative estimate of drug-likeness (QED) is 0.352. The smallest absolute Gasteiger partial charge is 0.151 e. The molecule has 3 nitrogen and oxygen atoms in total. The lowest BCUT2D eigenvalue weighted by Crippen LogP contribution is -2.19. The summed E-state index contributed by atoms with van der Waals surface area (Å²) in [6, 6.07) is 17.1. The van der Waals surface area contributed by atoms with Gasteiger partial charge in [-0.2, -0.15) is 0 Å². The molecule has 144 valence electrons. The molecule has 0 bridgehead atoms. The van der Waals surface area contributed by atoms with E-state index in [1.165, 1.54) is 11.1 Å². The Morgan fingerprint density at radius 3 is 1.71 bits per heavy atom. The number of hydrogen-bond acceptors (Lipinski definition) is 3. The molecule has 0 atom stereocenters. The molecule has 4 rings (SSSR count). The van der Waals surface area contributed by atoms with Gasteiger partial charge in [-0.25, -0.2) is 0 Å². The average Bonchev–Trinajstić information content (AvgIpc) is 2.64. The molecule has 0 amide bonds. The fraction of sp³-hybridized carbons (Fsp3) is 0.320. The van der Waals surface area contributed by atoms with E-state index in [-0.39, 0.29) is 10.8 Å². The van der Waals surface area contributed by atoms with Crippen LogP contribution in [0.5, 0.6) is 11.5 Å². The summed E-state index contributed by atoms with van der Waals surface area (Å²) in [7, 11) is 0. The zero-order chi connectivity index (χ0) is 20.1. The number of hydrogen-bond donors (Lipinski definition) is 0. The van der Waals surface area contributed by atoms with Gasteiger partial charge in [0.05, 0.1) is 23.3 Å². The summed E-state index contributed by atoms with van der Waals surface area (Å²) in [5.74, 6) is 1.77. The minimum atomic E-state index is 0.0606. The summed E-state index contributed by atoms with van der Waals surface area (Å²) in [6.07, 6.45) is 3.70. The van der Waals surface area contributed by atoms with Crippen molar-refractivity contribution in [3.63, 3.8) is 0 Å². The lowest BCUT2D eigenvalue weighted by Gasteiger charge is -2.34. The zero-order valence-electron chi connectivity index (χ0n) is 17.6. The van der Waals surface area contributed by atoms with Crippen LogP contribution in [0.2, 0.25) is 0 Å². The normalized spacial score (nSPS) is 13.6. The largest absolute Gasteiger partial charge is 0.453 e. The highest BCUT2D eigenvalue weighted by Gasteiger charge is 2.29. The Labute approximate surface area is 168 Å². The minimum absolute atomic E-state index is 0.0606. The molecule has 1 aliphatic rings. The number of nitrogens with zero attached hydrogens (tertiary/aromatic N) is 2. The van der Waals surface area contributed by atoms with Crippen molar-refractivity contribution in [2.24, 2.45) is 0 Å². The van der Waals surface area contributed by atoms with E-state index in [9.17, 15) is 0 Å². The summed E-state index contributed by atoms with van der Waals surface area (Å²) in [4.78, 5) is 6.57. The Bertz CT molecular complexity index is 947. The van der Waals surface area contributed by atoms with Crippen LogP contribution in [0.1, 0.15) is 52.7 Å². The summed E-state index contributed by atoms with van der Waals surface area (Å²) >= 11 is 0. The monoisotopic (exact) mass is 372 g/mol. The Hall–Kier alpha value is -2.81. The van der Waals surface area contributed by atoms with E-state index in [0.29, 0.717) is 0 Å². The number of pyridine rings is 1. The van der Waals surface area contributed by atoms with Crippen LogP contribution in [-0.2, 0) is 10.8 Å². The molecule has 28 heavy (non-hydrogen) atoms. The molecule has 2 aromatic carbocycles. The summed E-state index contributed by atoms with van der Waals surface area (Å²) in [5.41, 5.74) is 5.74. The molecule has 0 spiro atoms. The molecule has 0 N–H and O–H groups in total. The van der Waals surface area contributed by atoms with Crippen LogP contribution in [0, 0.1) is 0 Å². The van der Waals surface area contributed by atoms with Gasteiger partial charge in [0.1, 0.15) is 0 Å². The van der Waals surface area contributed by atoms with Gasteiger partial charge < -0.3 is 9.64 Å². The molecular weight excluding hydrogens is 344 g/mol. The van der Waals surface area contributed by atoms with Crippen LogP contribution < -0.4 is 9.64 Å². The first-order valence-electron chi connectivity index (χ1n) is 9.82. The van der Waals surface area contributed by atoms with Crippen molar-refractivity contribution in [1.82, 2.24) is 4.98 Å². The minimum Gasteiger partial charge on any atom is -0.453 e. The van der Waals surface area contributed by atoms with Gasteiger partial charge in [0.2, 0.25) is 0 Å². The molecule has 2 heterocycles. The number of fused-ring (bicyclic) bond motifs is 2. The van der Waals surface area contributed by atoms with Gasteiger partial charge in [-0.15, -0.1) is 0 Å². The van der Waals surface area contributed by atoms with Gasteiger partial charge in [0.15, 0.2) is 11.5 Å². The third-order valence-corrected chi connectivity index (χ3v) is 5.26. The van der Waals surface area contributed by atoms with E-state index in [4.69, 9.17) is 4.74 Å². The maximum absolute atomic E-state index is 6.44. The first kappa shape index (κ1) is 18.5. The average molecular weight is 373 g/mol. The Morgan fingerprint density at radius 2 is 1.29 bits per heavy atom. The van der Waals surface area contributed by atoms with Crippen molar-refractivity contribution in [1.29, 1.82) is 0 Å². The van der Waals surface area contributed by atoms with E-state index in [0.717, 1.165) is 28.6 Å². The summed E-state index contributed by atoms with van der Waals surface area (Å²) in [6.45, 7) is 13.3. The Kier molecular flexibility index (Phi) is 4.22. The van der Waals surface area contributed by atoms with Gasteiger partial charge in [-0.05, 0) is 58.4 Å². The van der Waals surface area contributed by atoms with E-state index < -0.39 is 0 Å². The number of ether oxygens (including phenoxy) is 1. The number of anilines is 3. The van der Waals surface area contributed by atoms with Crippen molar-refractivity contribution in [3.05, 3.63) is 72.1 Å². The highest BCUT2D eigenvalue weighted by molar-refractivity contribution is 5.86. The molecule has 1 aliphatic heterocycles. The second kappa shape index (κ2) is 6.37. The van der Waals surface area contributed by atoms with E-state index in [1.807, 2.05) is 12.3 Å². The summed E-state index contributed by atoms with van der Waals surface area (Å²) in [5, 5.41) is 0. The molecule has 3 heteroatoms. The van der Waals surface area contributed by atoms with Crippen LogP contribution >= 0.6 is 0 Å². The number of rotatable bonds is 1. The van der Waals surface area contributed by atoms with Gasteiger partial charge >= 0.3 is 0 Å². The molecule has 0 unspecified atom stereocenters. The van der Waals surface area contributed by atoms with Crippen LogP contribution in [-0.4, -0.2) is 4.98 Å². The van der Waals surface area contributed by atoms with Crippen LogP contribution in [0.25, 0.3) is 0 Å². The first-order valence-corrected chi connectivity index (χ1v) is 9.82. The van der Waals surface area contributed by atoms with Crippen LogP contribution in [0.3, 0.4) is 0 Å². The standard InChI is InChI=1S/C25H28N2O/c1-24(2,3)17-9-11-20-22(14-17)28-23-15-18(25(4,5)6)10-12-21(23)27(20)19-8-7-13-26-16-19/h7-16H,1-6H3. The van der Waals surface area contributed by atoms with Crippen LogP contribution in [0.15, 0.2) is 60.9 Å². The van der Waals surface area contributed by atoms with Crippen LogP contribution in [0.4, 0.5) is 17.1 Å². The molecule has 0 radical (unpaired) electrons. The maximum Gasteiger partial charge on any atom is 0.151 e. The SMILES string of the molecule is CC(C)(C)c1ccc2c(c1)Oc1cc(C(C)(C)C)ccc1N2c1cccnc1. The van der Waals surface area contributed by atoms with Crippen molar-refractivity contribution < 1.29 is 4.74 Å². The van der Waals surface area contributed by atoms with Crippen molar-refractivity contribution >= 4 is 17.1 Å². The van der Waals surface area contributed by atoms with Crippen molar-refractivity contribution in [2.75, 3.05) is 4.90 Å². The molecule has 3 aromatic rings. The summed E-state index contributed by atoms with van der Waals surface area (Å²) < 4.78 is 6.44. The molecule has 0 aliphatic carbocycles. The highest BCUT2D eigenvalue weighted by Crippen LogP contribution is 2.51. The predicted octanol–water partition coefficient (Wildman–Crippen LogP) is 7.25. The zero-order valence-corrected chi connectivity index (χ0v) is 17.6. The lowest BCUT2D eigenvalue weighted by atomic mass is 9.86. The van der Waals surface area contributed by atoms with Crippen molar-refractivity contribution in [2.45, 2.75) is 52.4 Å². The first-order chi connectivity index (χ1) is 13.1. The lowest BCUT2D eigenvalue weighted by molar-refractivity contribution is 0.469. The van der Waals surface area contributed by atoms with Crippen molar-refractivity contribution in [3.8, 4) is 11.5 Å². The molecule has 0 fully saturated rings. The van der Waals surface area contributed by atoms with Gasteiger partial charge in [0, 0.05) is 6.20 Å².